The van der Waals surface area contributed by atoms with Crippen LogP contribution >= 0.6 is 22.9 Å². The van der Waals surface area contributed by atoms with E-state index in [9.17, 15) is 13.0 Å². The van der Waals surface area contributed by atoms with Crippen molar-refractivity contribution in [3.63, 3.8) is 0 Å². The van der Waals surface area contributed by atoms with Crippen LogP contribution in [0.2, 0.25) is 5.02 Å². The van der Waals surface area contributed by atoms with Crippen molar-refractivity contribution < 1.29 is 13.0 Å². The Labute approximate surface area is 189 Å². The SMILES string of the molecule is CC1(C)CCN2CCCc3c2c1cc(N=Nc1nc2ccc(Cl)cc2s1)c3S(=O)(=O)O. The first-order valence-electron chi connectivity index (χ1n) is 10.0. The van der Waals surface area contributed by atoms with Gasteiger partial charge in [0.1, 0.15) is 10.6 Å². The highest BCUT2D eigenvalue weighted by Crippen LogP contribution is 2.49. The van der Waals surface area contributed by atoms with Crippen molar-refractivity contribution >= 4 is 59.8 Å². The van der Waals surface area contributed by atoms with Crippen LogP contribution in [0.5, 0.6) is 0 Å². The van der Waals surface area contributed by atoms with Gasteiger partial charge in [-0.3, -0.25) is 4.55 Å². The molecule has 0 atom stereocenters. The Balaban J connectivity index is 1.69. The van der Waals surface area contributed by atoms with Crippen LogP contribution in [0.15, 0.2) is 39.4 Å². The number of anilines is 1. The molecule has 0 aliphatic carbocycles. The van der Waals surface area contributed by atoms with Crippen molar-refractivity contribution in [3.05, 3.63) is 40.4 Å². The lowest BCUT2D eigenvalue weighted by Crippen LogP contribution is -2.41. The highest BCUT2D eigenvalue weighted by molar-refractivity contribution is 7.86. The number of halogens is 1. The van der Waals surface area contributed by atoms with Gasteiger partial charge in [0, 0.05) is 23.8 Å². The summed E-state index contributed by atoms with van der Waals surface area (Å²) in [6.45, 7) is 6.06. The van der Waals surface area contributed by atoms with Gasteiger partial charge < -0.3 is 4.90 Å². The third kappa shape index (κ3) is 3.63. The number of hydrogen-bond acceptors (Lipinski definition) is 7. The topological polar surface area (TPSA) is 95.2 Å². The van der Waals surface area contributed by atoms with Gasteiger partial charge in [-0.2, -0.15) is 8.42 Å². The molecular formula is C21H21ClN4O3S2. The lowest BCUT2D eigenvalue weighted by atomic mass is 9.75. The van der Waals surface area contributed by atoms with Gasteiger partial charge in [0.25, 0.3) is 10.1 Å². The highest BCUT2D eigenvalue weighted by Gasteiger charge is 2.38. The van der Waals surface area contributed by atoms with E-state index >= 15 is 0 Å². The number of nitrogens with zero attached hydrogens (tertiary/aromatic N) is 4. The fraction of sp³-hybridized carbons (Fsp3) is 0.381. The van der Waals surface area contributed by atoms with Gasteiger partial charge in [0.05, 0.1) is 10.2 Å². The Bertz CT molecular complexity index is 1350. The predicted octanol–water partition coefficient (Wildman–Crippen LogP) is 6.05. The predicted molar refractivity (Wildman–Crippen MR) is 123 cm³/mol. The Morgan fingerprint density at radius 2 is 2.03 bits per heavy atom. The molecule has 162 valence electrons. The quantitative estimate of drug-likeness (QED) is 0.367. The van der Waals surface area contributed by atoms with Crippen LogP contribution in [0, 0.1) is 0 Å². The number of thiazole rings is 1. The Kier molecular flexibility index (Phi) is 4.85. The number of fused-ring (bicyclic) bond motifs is 1. The van der Waals surface area contributed by atoms with E-state index < -0.39 is 10.1 Å². The van der Waals surface area contributed by atoms with Crippen molar-refractivity contribution in [2.75, 3.05) is 18.0 Å². The third-order valence-electron chi connectivity index (χ3n) is 6.08. The molecule has 5 rings (SSSR count). The second-order valence-electron chi connectivity index (χ2n) is 8.61. The normalized spacial score (nSPS) is 18.0. The van der Waals surface area contributed by atoms with E-state index in [4.69, 9.17) is 11.6 Å². The van der Waals surface area contributed by atoms with E-state index in [1.807, 2.05) is 0 Å². The lowest BCUT2D eigenvalue weighted by Gasteiger charge is -2.44. The van der Waals surface area contributed by atoms with Crippen LogP contribution in [0.1, 0.15) is 37.8 Å². The summed E-state index contributed by atoms with van der Waals surface area (Å²) in [4.78, 5) is 6.51. The fourth-order valence-electron chi connectivity index (χ4n) is 4.52. The van der Waals surface area contributed by atoms with Crippen molar-refractivity contribution in [2.45, 2.75) is 43.4 Å². The Morgan fingerprint density at radius 3 is 2.81 bits per heavy atom. The van der Waals surface area contributed by atoms with Gasteiger partial charge in [0.15, 0.2) is 0 Å². The van der Waals surface area contributed by atoms with Gasteiger partial charge in [-0.1, -0.05) is 36.8 Å². The number of azo groups is 1. The Morgan fingerprint density at radius 1 is 1.23 bits per heavy atom. The molecule has 0 saturated carbocycles. The summed E-state index contributed by atoms with van der Waals surface area (Å²) < 4.78 is 35.8. The van der Waals surface area contributed by atoms with Crippen molar-refractivity contribution in [3.8, 4) is 0 Å². The van der Waals surface area contributed by atoms with Gasteiger partial charge in [-0.25, -0.2) is 4.98 Å². The fourth-order valence-corrected chi connectivity index (χ4v) is 6.46. The van der Waals surface area contributed by atoms with Crippen LogP contribution in [-0.4, -0.2) is 31.0 Å². The van der Waals surface area contributed by atoms with Crippen LogP contribution < -0.4 is 4.90 Å². The monoisotopic (exact) mass is 476 g/mol. The highest BCUT2D eigenvalue weighted by atomic mass is 35.5. The van der Waals surface area contributed by atoms with E-state index in [0.29, 0.717) is 22.1 Å². The molecule has 0 bridgehead atoms. The molecule has 0 saturated heterocycles. The van der Waals surface area contributed by atoms with Crippen LogP contribution in [0.25, 0.3) is 10.2 Å². The molecular weight excluding hydrogens is 456 g/mol. The smallest absolute Gasteiger partial charge is 0.297 e. The van der Waals surface area contributed by atoms with E-state index in [1.54, 1.807) is 24.3 Å². The molecule has 7 nitrogen and oxygen atoms in total. The van der Waals surface area contributed by atoms with E-state index in [2.05, 4.69) is 34.0 Å². The zero-order chi connectivity index (χ0) is 22.0. The largest absolute Gasteiger partial charge is 0.371 e. The standard InChI is InChI=1S/C21H21ClN4O3S2/c1-21(2)7-9-26-8-3-4-13-18(26)14(21)11-16(19(13)31(27,28)29)24-25-20-23-15-6-5-12(22)10-17(15)30-20/h5-6,10-11H,3-4,7-9H2,1-2H3,(H,27,28,29). The molecule has 3 aromatic rings. The van der Waals surface area contributed by atoms with E-state index in [-0.39, 0.29) is 16.0 Å². The molecule has 2 aliphatic heterocycles. The zero-order valence-corrected chi connectivity index (χ0v) is 19.5. The summed E-state index contributed by atoms with van der Waals surface area (Å²) in [5, 5.41) is 9.50. The molecule has 1 N–H and O–H groups in total. The molecule has 10 heteroatoms. The summed E-state index contributed by atoms with van der Waals surface area (Å²) >= 11 is 7.36. The number of benzene rings is 2. The molecule has 0 radical (unpaired) electrons. The van der Waals surface area contributed by atoms with Crippen LogP contribution in [-0.2, 0) is 22.0 Å². The van der Waals surface area contributed by atoms with Crippen molar-refractivity contribution in [1.82, 2.24) is 4.98 Å². The first kappa shape index (κ1) is 20.8. The molecule has 1 aromatic heterocycles. The second-order valence-corrected chi connectivity index (χ2v) is 11.4. The summed E-state index contributed by atoms with van der Waals surface area (Å²) in [6.07, 6.45) is 2.36. The average Bonchev–Trinajstić information content (AvgIpc) is 3.10. The van der Waals surface area contributed by atoms with Gasteiger partial charge in [-0.15, -0.1) is 10.2 Å². The molecule has 2 aromatic carbocycles. The van der Waals surface area contributed by atoms with E-state index in [1.165, 1.54) is 11.3 Å². The van der Waals surface area contributed by atoms with Gasteiger partial charge in [0.2, 0.25) is 5.13 Å². The van der Waals surface area contributed by atoms with Crippen LogP contribution in [0.3, 0.4) is 0 Å². The zero-order valence-electron chi connectivity index (χ0n) is 17.1. The minimum absolute atomic E-state index is 0.132. The summed E-state index contributed by atoms with van der Waals surface area (Å²) in [6, 6.07) is 7.13. The van der Waals surface area contributed by atoms with Crippen LogP contribution in [0.4, 0.5) is 16.5 Å². The lowest BCUT2D eigenvalue weighted by molar-refractivity contribution is 0.442. The molecule has 0 amide bonds. The molecule has 3 heterocycles. The maximum absolute atomic E-state index is 12.4. The summed E-state index contributed by atoms with van der Waals surface area (Å²) in [5.74, 6) is 0. The molecule has 0 fully saturated rings. The first-order valence-corrected chi connectivity index (χ1v) is 12.7. The summed E-state index contributed by atoms with van der Waals surface area (Å²) in [5.41, 5.74) is 3.40. The minimum atomic E-state index is -4.49. The second kappa shape index (κ2) is 7.23. The number of aromatic nitrogens is 1. The minimum Gasteiger partial charge on any atom is -0.371 e. The maximum Gasteiger partial charge on any atom is 0.297 e. The van der Waals surface area contributed by atoms with E-state index in [0.717, 1.165) is 47.4 Å². The molecule has 31 heavy (non-hydrogen) atoms. The first-order chi connectivity index (χ1) is 14.6. The van der Waals surface area contributed by atoms with Crippen molar-refractivity contribution in [2.24, 2.45) is 10.2 Å². The third-order valence-corrected chi connectivity index (χ3v) is 8.19. The van der Waals surface area contributed by atoms with Gasteiger partial charge in [-0.05, 0) is 60.1 Å². The molecule has 2 aliphatic rings. The summed E-state index contributed by atoms with van der Waals surface area (Å²) in [7, 11) is -4.49. The molecule has 0 spiro atoms. The maximum atomic E-state index is 12.4. The average molecular weight is 477 g/mol. The van der Waals surface area contributed by atoms with Crippen molar-refractivity contribution in [1.29, 1.82) is 0 Å². The molecule has 0 unspecified atom stereocenters. The Hall–Kier alpha value is -2.07. The number of rotatable bonds is 3. The number of hydrogen-bond donors (Lipinski definition) is 1. The van der Waals surface area contributed by atoms with Gasteiger partial charge >= 0.3 is 0 Å².